The first-order valence-corrected chi connectivity index (χ1v) is 8.84. The molecule has 3 rings (SSSR count). The lowest BCUT2D eigenvalue weighted by Crippen LogP contribution is -2.50. The number of aromatic nitrogens is 3. The topological polar surface area (TPSA) is 117 Å². The van der Waals surface area contributed by atoms with E-state index in [4.69, 9.17) is 5.73 Å². The van der Waals surface area contributed by atoms with E-state index in [0.29, 0.717) is 37.8 Å². The van der Waals surface area contributed by atoms with Gasteiger partial charge in [0.2, 0.25) is 5.91 Å². The summed E-state index contributed by atoms with van der Waals surface area (Å²) in [5, 5.41) is 2.66. The minimum Gasteiger partial charge on any atom is -0.382 e. The van der Waals surface area contributed by atoms with E-state index in [1.54, 1.807) is 30.6 Å². The molecule has 0 aromatic carbocycles. The fraction of sp³-hybridized carbons (Fsp3) is 0.389. The molecule has 9 nitrogen and oxygen atoms in total. The van der Waals surface area contributed by atoms with E-state index >= 15 is 0 Å². The Hall–Kier alpha value is -3.23. The highest BCUT2D eigenvalue weighted by Gasteiger charge is 2.24. The van der Waals surface area contributed by atoms with Crippen molar-refractivity contribution >= 4 is 29.3 Å². The summed E-state index contributed by atoms with van der Waals surface area (Å²) in [4.78, 5) is 41.0. The molecular weight excluding hydrogens is 346 g/mol. The number of hydrogen-bond acceptors (Lipinski definition) is 7. The third-order valence-corrected chi connectivity index (χ3v) is 4.32. The van der Waals surface area contributed by atoms with Gasteiger partial charge in [-0.15, -0.1) is 0 Å². The predicted octanol–water partition coefficient (Wildman–Crippen LogP) is 1.50. The van der Waals surface area contributed by atoms with E-state index in [-0.39, 0.29) is 26.2 Å². The van der Waals surface area contributed by atoms with Gasteiger partial charge in [-0.3, -0.25) is 9.59 Å². The van der Waals surface area contributed by atoms with Crippen molar-refractivity contribution in [3.63, 3.8) is 0 Å². The van der Waals surface area contributed by atoms with Crippen molar-refractivity contribution in [3.05, 3.63) is 36.3 Å². The van der Waals surface area contributed by atoms with Crippen LogP contribution in [0.3, 0.4) is 0 Å². The zero-order valence-corrected chi connectivity index (χ0v) is 15.4. The number of carbonyl (C=O) groups excluding carboxylic acids is 2. The van der Waals surface area contributed by atoms with Gasteiger partial charge in [0.15, 0.2) is 11.5 Å². The first kappa shape index (κ1) is 18.6. The van der Waals surface area contributed by atoms with Crippen molar-refractivity contribution in [2.24, 2.45) is 5.92 Å². The molecule has 146 valence electrons. The number of carbonyl (C=O) groups is 2. The van der Waals surface area contributed by atoms with Crippen LogP contribution >= 0.6 is 0 Å². The number of hydrogen-bond donors (Lipinski definition) is 2. The molecule has 1 fully saturated rings. The maximum atomic E-state index is 12.5. The lowest BCUT2D eigenvalue weighted by Gasteiger charge is -2.36. The summed E-state index contributed by atoms with van der Waals surface area (Å²) >= 11 is 0. The Balaban J connectivity index is 0.00000210. The van der Waals surface area contributed by atoms with Crippen molar-refractivity contribution in [1.29, 1.82) is 0 Å². The SMILES string of the molecule is CC(C)C(=O)N1CCN(c2cnc(N)c(C(=O)Nc3ccccn3)n2)CC1.[HH].[HH]. The molecule has 1 aliphatic heterocycles. The molecule has 0 bridgehead atoms. The van der Waals surface area contributed by atoms with Crippen LogP contribution in [0.2, 0.25) is 0 Å². The number of amides is 2. The van der Waals surface area contributed by atoms with Crippen LogP contribution in [-0.2, 0) is 4.79 Å². The number of nitrogens with one attached hydrogen (secondary N) is 1. The molecule has 9 heteroatoms. The maximum absolute atomic E-state index is 12.5. The summed E-state index contributed by atoms with van der Waals surface area (Å²) in [7, 11) is 0. The summed E-state index contributed by atoms with van der Waals surface area (Å²) in [5.74, 6) is 0.695. The average molecular weight is 373 g/mol. The Morgan fingerprint density at radius 3 is 2.56 bits per heavy atom. The minimum absolute atomic E-state index is 0. The fourth-order valence-electron chi connectivity index (χ4n) is 2.84. The molecule has 2 aromatic heterocycles. The van der Waals surface area contributed by atoms with Crippen LogP contribution in [0.25, 0.3) is 0 Å². The van der Waals surface area contributed by atoms with Crippen LogP contribution < -0.4 is 16.0 Å². The standard InChI is InChI=1S/C18H23N7O2.2H2/c1-12(2)18(27)25-9-7-24(8-10-25)14-11-21-16(19)15(23-14)17(26)22-13-5-3-4-6-20-13;;/h3-6,11-12H,7-10H2,1-2H3,(H2,19,21)(H,20,22,26);2*1H. The van der Waals surface area contributed by atoms with Crippen molar-refractivity contribution < 1.29 is 12.4 Å². The number of anilines is 3. The maximum Gasteiger partial charge on any atom is 0.279 e. The molecule has 2 amide bonds. The predicted molar refractivity (Wildman–Crippen MR) is 106 cm³/mol. The highest BCUT2D eigenvalue weighted by molar-refractivity contribution is 6.05. The zero-order chi connectivity index (χ0) is 19.4. The molecular formula is C18H27N7O2. The zero-order valence-electron chi connectivity index (χ0n) is 15.4. The van der Waals surface area contributed by atoms with Gasteiger partial charge in [-0.25, -0.2) is 15.0 Å². The molecule has 0 unspecified atom stereocenters. The Morgan fingerprint density at radius 1 is 1.19 bits per heavy atom. The van der Waals surface area contributed by atoms with Gasteiger partial charge in [-0.05, 0) is 12.1 Å². The molecule has 1 aliphatic rings. The second-order valence-electron chi connectivity index (χ2n) is 6.60. The summed E-state index contributed by atoms with van der Waals surface area (Å²) in [5.41, 5.74) is 5.90. The lowest BCUT2D eigenvalue weighted by molar-refractivity contribution is -0.134. The van der Waals surface area contributed by atoms with E-state index in [2.05, 4.69) is 20.3 Å². The average Bonchev–Trinajstić information content (AvgIpc) is 2.68. The normalized spacial score (nSPS) is 14.3. The first-order chi connectivity index (χ1) is 13.0. The van der Waals surface area contributed by atoms with Gasteiger partial charge in [-0.2, -0.15) is 0 Å². The van der Waals surface area contributed by atoms with Gasteiger partial charge in [-0.1, -0.05) is 19.9 Å². The molecule has 0 radical (unpaired) electrons. The van der Waals surface area contributed by atoms with Gasteiger partial charge in [0.25, 0.3) is 5.91 Å². The highest BCUT2D eigenvalue weighted by Crippen LogP contribution is 2.18. The Morgan fingerprint density at radius 2 is 1.93 bits per heavy atom. The molecule has 1 saturated heterocycles. The van der Waals surface area contributed by atoms with Crippen molar-refractivity contribution in [2.75, 3.05) is 42.1 Å². The van der Waals surface area contributed by atoms with Crippen LogP contribution in [-0.4, -0.2) is 57.8 Å². The molecule has 3 N–H and O–H groups in total. The van der Waals surface area contributed by atoms with Gasteiger partial charge in [0.05, 0.1) is 6.20 Å². The summed E-state index contributed by atoms with van der Waals surface area (Å²) in [6, 6.07) is 5.20. The van der Waals surface area contributed by atoms with E-state index in [9.17, 15) is 9.59 Å². The molecule has 0 aliphatic carbocycles. The van der Waals surface area contributed by atoms with E-state index in [1.165, 1.54) is 0 Å². The fourth-order valence-corrected chi connectivity index (χ4v) is 2.84. The van der Waals surface area contributed by atoms with E-state index < -0.39 is 5.91 Å². The number of rotatable bonds is 4. The number of pyridine rings is 1. The summed E-state index contributed by atoms with van der Waals surface area (Å²) in [6.45, 7) is 6.26. The third kappa shape index (κ3) is 4.30. The molecule has 0 spiro atoms. The summed E-state index contributed by atoms with van der Waals surface area (Å²) in [6.07, 6.45) is 3.13. The third-order valence-electron chi connectivity index (χ3n) is 4.32. The Labute approximate surface area is 160 Å². The molecule has 27 heavy (non-hydrogen) atoms. The number of nitrogens with two attached hydrogens (primary N) is 1. The molecule has 0 saturated carbocycles. The van der Waals surface area contributed by atoms with E-state index in [0.717, 1.165) is 0 Å². The lowest BCUT2D eigenvalue weighted by atomic mass is 10.1. The smallest absolute Gasteiger partial charge is 0.279 e. The second kappa shape index (κ2) is 7.98. The first-order valence-electron chi connectivity index (χ1n) is 8.84. The van der Waals surface area contributed by atoms with Crippen molar-refractivity contribution in [3.8, 4) is 0 Å². The Bertz CT molecular complexity index is 828. The van der Waals surface area contributed by atoms with E-state index in [1.807, 2.05) is 23.6 Å². The largest absolute Gasteiger partial charge is 0.382 e. The number of nitrogens with zero attached hydrogens (tertiary/aromatic N) is 5. The molecule has 2 aromatic rings. The van der Waals surface area contributed by atoms with Crippen LogP contribution in [0.4, 0.5) is 17.5 Å². The van der Waals surface area contributed by atoms with Crippen LogP contribution in [0.1, 0.15) is 27.2 Å². The monoisotopic (exact) mass is 373 g/mol. The highest BCUT2D eigenvalue weighted by atomic mass is 16.2. The van der Waals surface area contributed by atoms with Crippen molar-refractivity contribution in [2.45, 2.75) is 13.8 Å². The van der Waals surface area contributed by atoms with Gasteiger partial charge >= 0.3 is 0 Å². The summed E-state index contributed by atoms with van der Waals surface area (Å²) < 4.78 is 0. The number of piperazine rings is 1. The molecule has 3 heterocycles. The van der Waals surface area contributed by atoms with Gasteiger partial charge in [0.1, 0.15) is 11.6 Å². The van der Waals surface area contributed by atoms with Crippen LogP contribution in [0.15, 0.2) is 30.6 Å². The minimum atomic E-state index is -0.464. The quantitative estimate of drug-likeness (QED) is 0.834. The molecule has 0 atom stereocenters. The van der Waals surface area contributed by atoms with Gasteiger partial charge < -0.3 is 20.9 Å². The van der Waals surface area contributed by atoms with Gasteiger partial charge in [0, 0.05) is 41.1 Å². The van der Waals surface area contributed by atoms with Crippen molar-refractivity contribution in [1.82, 2.24) is 19.9 Å². The number of nitrogen functional groups attached to an aromatic ring is 1. The second-order valence-corrected chi connectivity index (χ2v) is 6.60. The Kier molecular flexibility index (Phi) is 5.49. The van der Waals surface area contributed by atoms with Crippen LogP contribution in [0, 0.1) is 5.92 Å². The van der Waals surface area contributed by atoms with Crippen LogP contribution in [0.5, 0.6) is 0 Å².